The number of carbonyl (C=O) groups is 2. The van der Waals surface area contributed by atoms with E-state index >= 15 is 0 Å². The number of halogens is 2. The first-order chi connectivity index (χ1) is 10.1. The number of aliphatic imine (C=N–C) groups is 2. The second-order valence-electron chi connectivity index (χ2n) is 5.81. The molecule has 2 saturated carbocycles. The molecule has 0 saturated heterocycles. The molecule has 21 heavy (non-hydrogen) atoms. The average molecular weight is 331 g/mol. The first-order valence-electron chi connectivity index (χ1n) is 7.62. The van der Waals surface area contributed by atoms with Gasteiger partial charge in [0.2, 0.25) is 0 Å². The van der Waals surface area contributed by atoms with Crippen LogP contribution in [0.25, 0.3) is 0 Å². The van der Waals surface area contributed by atoms with Crippen LogP contribution in [0.1, 0.15) is 51.4 Å². The SMILES string of the molecule is O=C(N=C=NC(=O)C1CCCCC1Cl)C1CCCCC1Cl. The molecule has 0 aromatic carbocycles. The second-order valence-corrected chi connectivity index (χ2v) is 6.94. The van der Waals surface area contributed by atoms with Crippen LogP contribution in [0, 0.1) is 11.8 Å². The van der Waals surface area contributed by atoms with Crippen molar-refractivity contribution in [1.82, 2.24) is 0 Å². The van der Waals surface area contributed by atoms with Gasteiger partial charge in [-0.3, -0.25) is 9.59 Å². The van der Waals surface area contributed by atoms with Gasteiger partial charge in [0.05, 0.1) is 11.8 Å². The minimum Gasteiger partial charge on any atom is -0.271 e. The number of hydrogen-bond acceptors (Lipinski definition) is 2. The number of nitrogens with zero attached hydrogens (tertiary/aromatic N) is 2. The second kappa shape index (κ2) is 8.07. The van der Waals surface area contributed by atoms with E-state index in [0.717, 1.165) is 51.4 Å². The predicted molar refractivity (Wildman–Crippen MR) is 83.1 cm³/mol. The molecule has 0 spiro atoms. The molecule has 0 bridgehead atoms. The van der Waals surface area contributed by atoms with Gasteiger partial charge in [0.25, 0.3) is 11.8 Å². The third-order valence-electron chi connectivity index (χ3n) is 4.32. The molecule has 0 heterocycles. The van der Waals surface area contributed by atoms with Crippen molar-refractivity contribution in [3.63, 3.8) is 0 Å². The van der Waals surface area contributed by atoms with E-state index in [2.05, 4.69) is 16.0 Å². The molecule has 4 unspecified atom stereocenters. The Kier molecular flexibility index (Phi) is 6.40. The van der Waals surface area contributed by atoms with E-state index in [4.69, 9.17) is 23.2 Å². The third-order valence-corrected chi connectivity index (χ3v) is 5.36. The van der Waals surface area contributed by atoms with Crippen LogP contribution in [0.2, 0.25) is 0 Å². The van der Waals surface area contributed by atoms with Gasteiger partial charge in [-0.1, -0.05) is 25.7 Å². The van der Waals surface area contributed by atoms with Crippen LogP contribution < -0.4 is 0 Å². The topological polar surface area (TPSA) is 58.9 Å². The van der Waals surface area contributed by atoms with E-state index in [-0.39, 0.29) is 34.4 Å². The van der Waals surface area contributed by atoms with Crippen LogP contribution in [-0.2, 0) is 9.59 Å². The molecule has 2 aliphatic rings. The molecule has 6 heteroatoms. The minimum atomic E-state index is -0.322. The maximum atomic E-state index is 11.9. The molecule has 116 valence electrons. The van der Waals surface area contributed by atoms with Crippen molar-refractivity contribution in [2.45, 2.75) is 62.1 Å². The van der Waals surface area contributed by atoms with Crippen molar-refractivity contribution < 1.29 is 9.59 Å². The summed E-state index contributed by atoms with van der Waals surface area (Å²) >= 11 is 12.3. The Balaban J connectivity index is 1.92. The molecule has 0 N–H and O–H groups in total. The standard InChI is InChI=1S/C15H20Cl2N2O2/c16-12-7-3-1-5-10(12)14(20)18-9-19-15(21)11-6-2-4-8-13(11)17/h10-13H,1-8H2. The average Bonchev–Trinajstić information content (AvgIpc) is 2.48. The van der Waals surface area contributed by atoms with Gasteiger partial charge in [0.15, 0.2) is 0 Å². The van der Waals surface area contributed by atoms with Gasteiger partial charge < -0.3 is 0 Å². The van der Waals surface area contributed by atoms with Crippen molar-refractivity contribution in [3.05, 3.63) is 0 Å². The zero-order valence-corrected chi connectivity index (χ0v) is 13.4. The molecular weight excluding hydrogens is 311 g/mol. The summed E-state index contributed by atoms with van der Waals surface area (Å²) in [6, 6.07) is 2.25. The Morgan fingerprint density at radius 1 is 0.762 bits per heavy atom. The monoisotopic (exact) mass is 330 g/mol. The minimum absolute atomic E-state index is 0.168. The highest BCUT2D eigenvalue weighted by Crippen LogP contribution is 2.30. The third kappa shape index (κ3) is 4.64. The van der Waals surface area contributed by atoms with E-state index in [1.165, 1.54) is 0 Å². The van der Waals surface area contributed by atoms with Gasteiger partial charge in [0.1, 0.15) is 6.01 Å². The largest absolute Gasteiger partial charge is 0.271 e. The summed E-state index contributed by atoms with van der Waals surface area (Å²) in [6.07, 6.45) is 7.23. The summed E-state index contributed by atoms with van der Waals surface area (Å²) in [5, 5.41) is -0.337. The van der Waals surface area contributed by atoms with E-state index in [9.17, 15) is 9.59 Å². The van der Waals surface area contributed by atoms with E-state index in [1.807, 2.05) is 0 Å². The van der Waals surface area contributed by atoms with Crippen molar-refractivity contribution in [1.29, 1.82) is 0 Å². The Morgan fingerprint density at radius 3 is 1.52 bits per heavy atom. The molecule has 4 nitrogen and oxygen atoms in total. The number of amides is 2. The number of rotatable bonds is 2. The lowest BCUT2D eigenvalue weighted by Gasteiger charge is -2.23. The fraction of sp³-hybridized carbons (Fsp3) is 0.800. The summed E-state index contributed by atoms with van der Waals surface area (Å²) in [5.74, 6) is -1.18. The van der Waals surface area contributed by atoms with E-state index in [1.54, 1.807) is 0 Å². The lowest BCUT2D eigenvalue weighted by atomic mass is 9.88. The fourth-order valence-electron chi connectivity index (χ4n) is 3.02. The molecular formula is C15H20Cl2N2O2. The first-order valence-corrected chi connectivity index (χ1v) is 8.49. The molecule has 2 rings (SSSR count). The summed E-state index contributed by atoms with van der Waals surface area (Å²) in [5.41, 5.74) is 0. The van der Waals surface area contributed by atoms with Crippen LogP contribution in [0.5, 0.6) is 0 Å². The maximum absolute atomic E-state index is 11.9. The van der Waals surface area contributed by atoms with Gasteiger partial charge in [-0.25, -0.2) is 0 Å². The lowest BCUT2D eigenvalue weighted by Crippen LogP contribution is -2.27. The fourth-order valence-corrected chi connectivity index (χ4v) is 3.79. The number of alkyl halides is 2. The molecule has 4 atom stereocenters. The number of hydrogen-bond donors (Lipinski definition) is 0. The van der Waals surface area contributed by atoms with Crippen molar-refractivity contribution in [2.24, 2.45) is 21.8 Å². The van der Waals surface area contributed by atoms with Gasteiger partial charge in [0, 0.05) is 10.8 Å². The highest BCUT2D eigenvalue weighted by Gasteiger charge is 2.30. The van der Waals surface area contributed by atoms with Crippen LogP contribution in [0.4, 0.5) is 0 Å². The molecule has 2 amide bonds. The Bertz CT molecular complexity index is 423. The van der Waals surface area contributed by atoms with Gasteiger partial charge >= 0.3 is 0 Å². The lowest BCUT2D eigenvalue weighted by molar-refractivity contribution is -0.122. The quantitative estimate of drug-likeness (QED) is 0.571. The van der Waals surface area contributed by atoms with E-state index in [0.29, 0.717) is 0 Å². The summed E-state index contributed by atoms with van der Waals surface area (Å²) in [6.45, 7) is 0. The molecule has 2 aliphatic carbocycles. The van der Waals surface area contributed by atoms with Crippen LogP contribution in [0.3, 0.4) is 0 Å². The molecule has 2 fully saturated rings. The van der Waals surface area contributed by atoms with Gasteiger partial charge in [-0.05, 0) is 25.7 Å². The summed E-state index contributed by atoms with van der Waals surface area (Å²) < 4.78 is 0. The Morgan fingerprint density at radius 2 is 1.14 bits per heavy atom. The van der Waals surface area contributed by atoms with Crippen LogP contribution in [0.15, 0.2) is 9.98 Å². The first kappa shape index (κ1) is 16.7. The highest BCUT2D eigenvalue weighted by atomic mass is 35.5. The highest BCUT2D eigenvalue weighted by molar-refractivity contribution is 6.22. The van der Waals surface area contributed by atoms with Crippen molar-refractivity contribution in [2.75, 3.05) is 0 Å². The molecule has 0 aliphatic heterocycles. The summed E-state index contributed by atoms with van der Waals surface area (Å²) in [7, 11) is 0. The number of carbonyl (C=O) groups excluding carboxylic acids is 2. The maximum Gasteiger partial charge on any atom is 0.259 e. The summed E-state index contributed by atoms with van der Waals surface area (Å²) in [4.78, 5) is 31.1. The Labute approximate surface area is 135 Å². The van der Waals surface area contributed by atoms with Crippen LogP contribution >= 0.6 is 23.2 Å². The van der Waals surface area contributed by atoms with Gasteiger partial charge in [-0.15, -0.1) is 33.2 Å². The Hall–Kier alpha value is -0.700. The molecule has 0 aromatic heterocycles. The molecule has 0 aromatic rings. The molecule has 0 radical (unpaired) electrons. The van der Waals surface area contributed by atoms with Crippen molar-refractivity contribution >= 4 is 41.0 Å². The van der Waals surface area contributed by atoms with Crippen LogP contribution in [-0.4, -0.2) is 28.6 Å². The van der Waals surface area contributed by atoms with E-state index < -0.39 is 0 Å². The zero-order valence-electron chi connectivity index (χ0n) is 11.9. The predicted octanol–water partition coefficient (Wildman–Crippen LogP) is 3.81. The smallest absolute Gasteiger partial charge is 0.259 e. The van der Waals surface area contributed by atoms with Gasteiger partial charge in [-0.2, -0.15) is 0 Å². The van der Waals surface area contributed by atoms with Crippen molar-refractivity contribution in [3.8, 4) is 0 Å². The normalized spacial score (nSPS) is 32.9. The zero-order chi connectivity index (χ0) is 15.2.